The van der Waals surface area contributed by atoms with Gasteiger partial charge in [0, 0.05) is 36.0 Å². The Labute approximate surface area is 234 Å². The molecule has 1 atom stereocenters. The summed E-state index contributed by atoms with van der Waals surface area (Å²) >= 11 is 0. The molecule has 1 heterocycles. The molecule has 3 aromatic carbocycles. The second kappa shape index (κ2) is 10.7. The van der Waals surface area contributed by atoms with Crippen molar-refractivity contribution in [2.75, 3.05) is 23.8 Å². The summed E-state index contributed by atoms with van der Waals surface area (Å²) in [6, 6.07) is 16.1. The molecule has 0 bridgehead atoms. The zero-order valence-corrected chi connectivity index (χ0v) is 22.0. The van der Waals surface area contributed by atoms with Crippen molar-refractivity contribution in [1.29, 1.82) is 0 Å². The summed E-state index contributed by atoms with van der Waals surface area (Å²) < 4.78 is 19.1. The average molecular weight is 560 g/mol. The highest BCUT2D eigenvalue weighted by Crippen LogP contribution is 2.46. The Balaban J connectivity index is 1.41. The minimum atomic E-state index is -1.58. The third-order valence-corrected chi connectivity index (χ3v) is 7.13. The predicted octanol–water partition coefficient (Wildman–Crippen LogP) is 3.03. The lowest BCUT2D eigenvalue weighted by Gasteiger charge is -2.25. The van der Waals surface area contributed by atoms with Crippen molar-refractivity contribution in [1.82, 2.24) is 10.2 Å². The van der Waals surface area contributed by atoms with Gasteiger partial charge in [-0.15, -0.1) is 0 Å². The van der Waals surface area contributed by atoms with Gasteiger partial charge in [0.2, 0.25) is 17.4 Å². The minimum absolute atomic E-state index is 0.0342. The first-order chi connectivity index (χ1) is 19.6. The van der Waals surface area contributed by atoms with E-state index in [1.54, 1.807) is 30.3 Å². The molecule has 0 saturated carbocycles. The summed E-state index contributed by atoms with van der Waals surface area (Å²) in [7, 11) is 1.49. The molecule has 2 aliphatic rings. The van der Waals surface area contributed by atoms with Gasteiger partial charge in [-0.1, -0.05) is 24.3 Å². The van der Waals surface area contributed by atoms with Crippen molar-refractivity contribution in [2.24, 2.45) is 5.73 Å². The van der Waals surface area contributed by atoms with E-state index in [1.165, 1.54) is 48.3 Å². The molecule has 12 heteroatoms. The largest absolute Gasteiger partial charge is 0.427 e. The third-order valence-electron chi connectivity index (χ3n) is 7.13. The number of nitrogens with two attached hydrogens (primary N) is 1. The molecule has 1 spiro atoms. The minimum Gasteiger partial charge on any atom is -0.427 e. The molecule has 210 valence electrons. The summed E-state index contributed by atoms with van der Waals surface area (Å²) in [4.78, 5) is 65.8. The number of hydrogen-bond donors (Lipinski definition) is 3. The zero-order valence-electron chi connectivity index (χ0n) is 22.0. The Morgan fingerprint density at radius 1 is 1.07 bits per heavy atom. The van der Waals surface area contributed by atoms with Crippen LogP contribution in [0.3, 0.4) is 0 Å². The number of nitrogens with one attached hydrogen (secondary N) is 2. The van der Waals surface area contributed by atoms with Gasteiger partial charge in [0.15, 0.2) is 0 Å². The van der Waals surface area contributed by atoms with E-state index in [0.717, 1.165) is 10.5 Å². The van der Waals surface area contributed by atoms with Gasteiger partial charge >= 0.3 is 12.1 Å². The molecule has 41 heavy (non-hydrogen) atoms. The van der Waals surface area contributed by atoms with Crippen LogP contribution in [0.15, 0.2) is 66.7 Å². The summed E-state index contributed by atoms with van der Waals surface area (Å²) in [5.41, 5.74) is 6.60. The molecule has 6 amide bonds. The lowest BCUT2D eigenvalue weighted by molar-refractivity contribution is -0.139. The first-order valence-electron chi connectivity index (χ1n) is 12.7. The Kier molecular flexibility index (Phi) is 7.14. The van der Waals surface area contributed by atoms with E-state index in [-0.39, 0.29) is 18.5 Å². The van der Waals surface area contributed by atoms with Crippen LogP contribution in [-0.4, -0.2) is 48.3 Å². The number of halogens is 1. The highest BCUT2D eigenvalue weighted by atomic mass is 19.1. The summed E-state index contributed by atoms with van der Waals surface area (Å²) in [6.07, 6.45) is -0.367. The van der Waals surface area contributed by atoms with Crippen LogP contribution in [0.4, 0.5) is 25.4 Å². The highest BCUT2D eigenvalue weighted by Gasteiger charge is 2.58. The molecular formula is C29H26FN5O6. The fraction of sp³-hybridized carbons (Fsp3) is 0.207. The number of carbonyl (C=O) groups excluding carboxylic acids is 5. The van der Waals surface area contributed by atoms with E-state index in [4.69, 9.17) is 10.5 Å². The first-order valence-corrected chi connectivity index (χ1v) is 12.7. The van der Waals surface area contributed by atoms with Crippen molar-refractivity contribution in [3.8, 4) is 0 Å². The quantitative estimate of drug-likeness (QED) is 0.405. The van der Waals surface area contributed by atoms with E-state index >= 15 is 0 Å². The van der Waals surface area contributed by atoms with Crippen molar-refractivity contribution in [3.63, 3.8) is 0 Å². The number of anilines is 2. The number of nitrogens with zero attached hydrogens (tertiary/aromatic N) is 2. The number of aryl methyl sites for hydroxylation is 1. The molecule has 4 N–H and O–H groups in total. The molecule has 11 nitrogen and oxygen atoms in total. The molecule has 3 aromatic rings. The molecule has 0 unspecified atom stereocenters. The molecular weight excluding hydrogens is 533 g/mol. The normalized spacial score (nSPS) is 17.3. The molecule has 0 aromatic heterocycles. The van der Waals surface area contributed by atoms with Gasteiger partial charge in [-0.3, -0.25) is 14.4 Å². The number of imide groups is 1. The van der Waals surface area contributed by atoms with Crippen molar-refractivity contribution in [2.45, 2.75) is 25.0 Å². The SMILES string of the molecule is CNC(=O)Nc1ccc2c(c1)CC[C@@]21OC(=O)N(CC(=O)N(Cc2ccc(F)cc2)c2cccc(C(N)=O)c2)C1=O. The summed E-state index contributed by atoms with van der Waals surface area (Å²) in [6.45, 7) is -0.666. The van der Waals surface area contributed by atoms with Gasteiger partial charge in [0.25, 0.3) is 5.91 Å². The topological polar surface area (TPSA) is 151 Å². The van der Waals surface area contributed by atoms with E-state index in [1.807, 2.05) is 0 Å². The monoisotopic (exact) mass is 559 g/mol. The molecule has 1 aliphatic heterocycles. The van der Waals surface area contributed by atoms with Crippen LogP contribution in [0.25, 0.3) is 0 Å². The molecule has 1 aliphatic carbocycles. The number of primary amides is 1. The number of rotatable bonds is 7. The lowest BCUT2D eigenvalue weighted by atomic mass is 9.94. The van der Waals surface area contributed by atoms with Crippen LogP contribution in [0, 0.1) is 5.82 Å². The fourth-order valence-corrected chi connectivity index (χ4v) is 5.07. The number of hydrogen-bond acceptors (Lipinski definition) is 6. The van der Waals surface area contributed by atoms with E-state index in [0.29, 0.717) is 28.9 Å². The fourth-order valence-electron chi connectivity index (χ4n) is 5.07. The van der Waals surface area contributed by atoms with Crippen LogP contribution >= 0.6 is 0 Å². The van der Waals surface area contributed by atoms with Crippen LogP contribution in [-0.2, 0) is 32.9 Å². The second-order valence-corrected chi connectivity index (χ2v) is 9.68. The zero-order chi connectivity index (χ0) is 29.3. The number of carbonyl (C=O) groups is 5. The van der Waals surface area contributed by atoms with Gasteiger partial charge in [-0.25, -0.2) is 18.9 Å². The molecule has 1 saturated heterocycles. The summed E-state index contributed by atoms with van der Waals surface area (Å²) in [5.74, 6) is -2.46. The van der Waals surface area contributed by atoms with Crippen LogP contribution in [0.2, 0.25) is 0 Å². The third kappa shape index (κ3) is 5.19. The maximum atomic E-state index is 13.7. The van der Waals surface area contributed by atoms with Crippen LogP contribution in [0.1, 0.15) is 33.5 Å². The van der Waals surface area contributed by atoms with Crippen molar-refractivity contribution < 1.29 is 33.1 Å². The number of urea groups is 1. The van der Waals surface area contributed by atoms with Gasteiger partial charge in [-0.2, -0.15) is 0 Å². The maximum Gasteiger partial charge on any atom is 0.418 e. The van der Waals surface area contributed by atoms with E-state index in [9.17, 15) is 28.4 Å². The lowest BCUT2D eigenvalue weighted by Crippen LogP contribution is -2.44. The Bertz CT molecular complexity index is 1580. The standard InChI is InChI=1S/C29H26FN5O6/c1-32-27(39)33-21-9-10-23-18(13-21)11-12-29(23)26(38)35(28(40)41-29)16-24(36)34(15-17-5-7-20(30)8-6-17)22-4-2-3-19(14-22)25(31)37/h2-10,13-14H,11-12,15-16H2,1H3,(H2,31,37)(H2,32,33,39)/t29-/m1/s1. The number of fused-ring (bicyclic) bond motifs is 2. The second-order valence-electron chi connectivity index (χ2n) is 9.68. The number of amides is 6. The Hall–Kier alpha value is -5.26. The van der Waals surface area contributed by atoms with Crippen molar-refractivity contribution in [3.05, 3.63) is 94.8 Å². The van der Waals surface area contributed by atoms with E-state index in [2.05, 4.69) is 10.6 Å². The predicted molar refractivity (Wildman–Crippen MR) is 145 cm³/mol. The smallest absolute Gasteiger partial charge is 0.418 e. The number of ether oxygens (including phenoxy) is 1. The van der Waals surface area contributed by atoms with E-state index < -0.39 is 47.8 Å². The van der Waals surface area contributed by atoms with Crippen LogP contribution in [0.5, 0.6) is 0 Å². The maximum absolute atomic E-state index is 13.7. The van der Waals surface area contributed by atoms with Crippen LogP contribution < -0.4 is 21.3 Å². The van der Waals surface area contributed by atoms with Gasteiger partial charge in [0.1, 0.15) is 12.4 Å². The van der Waals surface area contributed by atoms with Crippen molar-refractivity contribution >= 4 is 41.2 Å². The average Bonchev–Trinajstić information content (AvgIpc) is 3.44. The Morgan fingerprint density at radius 2 is 1.83 bits per heavy atom. The first kappa shape index (κ1) is 27.3. The number of benzene rings is 3. The molecule has 1 fully saturated rings. The van der Waals surface area contributed by atoms with Gasteiger partial charge in [-0.05, 0) is 60.0 Å². The van der Waals surface area contributed by atoms with Gasteiger partial charge in [0.05, 0.1) is 6.54 Å². The Morgan fingerprint density at radius 3 is 2.54 bits per heavy atom. The molecule has 0 radical (unpaired) electrons. The summed E-state index contributed by atoms with van der Waals surface area (Å²) in [5, 5.41) is 5.12. The highest BCUT2D eigenvalue weighted by molar-refractivity contribution is 6.08. The molecule has 5 rings (SSSR count). The van der Waals surface area contributed by atoms with Gasteiger partial charge < -0.3 is 26.0 Å².